The lowest BCUT2D eigenvalue weighted by atomic mass is 10.1. The van der Waals surface area contributed by atoms with E-state index >= 15 is 0 Å². The Balaban J connectivity index is 1.97. The van der Waals surface area contributed by atoms with E-state index in [-0.39, 0.29) is 18.6 Å². The van der Waals surface area contributed by atoms with Gasteiger partial charge in [0.05, 0.1) is 12.1 Å². The molecule has 4 nitrogen and oxygen atoms in total. The summed E-state index contributed by atoms with van der Waals surface area (Å²) in [7, 11) is 0. The van der Waals surface area contributed by atoms with Crippen LogP contribution in [-0.2, 0) is 4.79 Å². The summed E-state index contributed by atoms with van der Waals surface area (Å²) in [6.45, 7) is 1.22. The highest BCUT2D eigenvalue weighted by Gasteiger charge is 2.38. The number of hydrogen-bond acceptors (Lipinski definition) is 4. The minimum absolute atomic E-state index is 0.0125. The van der Waals surface area contributed by atoms with Crippen LogP contribution in [0.5, 0.6) is 0 Å². The van der Waals surface area contributed by atoms with Gasteiger partial charge in [0.1, 0.15) is 5.78 Å². The number of rotatable bonds is 2. The van der Waals surface area contributed by atoms with Gasteiger partial charge < -0.3 is 10.2 Å². The Kier molecular flexibility index (Phi) is 2.85. The molecule has 1 saturated carbocycles. The second-order valence-corrected chi connectivity index (χ2v) is 4.34. The van der Waals surface area contributed by atoms with Gasteiger partial charge in [-0.15, -0.1) is 0 Å². The van der Waals surface area contributed by atoms with Crippen molar-refractivity contribution in [2.75, 3.05) is 19.7 Å². The molecule has 0 spiro atoms. The zero-order valence-electron chi connectivity index (χ0n) is 8.22. The van der Waals surface area contributed by atoms with Gasteiger partial charge in [-0.3, -0.25) is 9.69 Å². The number of carbonyl (C=O) groups excluding carboxylic acids is 1. The molecule has 2 rings (SSSR count). The fourth-order valence-corrected chi connectivity index (χ4v) is 2.50. The first kappa shape index (κ1) is 10.1. The molecular weight excluding hydrogens is 182 g/mol. The first-order valence-electron chi connectivity index (χ1n) is 5.28. The zero-order valence-corrected chi connectivity index (χ0v) is 8.22. The standard InChI is InChI=1S/C10H17NO3/c12-6-7-4-11(5-10(7)14)8-2-1-3-9(8)13/h7-8,10,12,14H,1-6H2. The number of Topliss-reactive ketones (excluding diaryl/α,β-unsaturated/α-hetero) is 1. The van der Waals surface area contributed by atoms with Gasteiger partial charge >= 0.3 is 0 Å². The third-order valence-electron chi connectivity index (χ3n) is 3.38. The fourth-order valence-electron chi connectivity index (χ4n) is 2.50. The normalized spacial score (nSPS) is 39.6. The molecule has 2 aliphatic rings. The van der Waals surface area contributed by atoms with Crippen molar-refractivity contribution in [3.05, 3.63) is 0 Å². The monoisotopic (exact) mass is 199 g/mol. The molecule has 0 aromatic carbocycles. The Labute approximate surface area is 83.5 Å². The Morgan fingerprint density at radius 3 is 2.71 bits per heavy atom. The van der Waals surface area contributed by atoms with Crippen LogP contribution in [0.3, 0.4) is 0 Å². The van der Waals surface area contributed by atoms with Crippen LogP contribution in [0.2, 0.25) is 0 Å². The summed E-state index contributed by atoms with van der Waals surface area (Å²) in [5.41, 5.74) is 0. The lowest BCUT2D eigenvalue weighted by Crippen LogP contribution is -2.37. The summed E-state index contributed by atoms with van der Waals surface area (Å²) in [5, 5.41) is 18.6. The quantitative estimate of drug-likeness (QED) is 0.623. The third kappa shape index (κ3) is 1.69. The molecule has 1 saturated heterocycles. The number of carbonyl (C=O) groups is 1. The minimum Gasteiger partial charge on any atom is -0.396 e. The molecule has 4 heteroatoms. The Morgan fingerprint density at radius 2 is 2.21 bits per heavy atom. The van der Waals surface area contributed by atoms with Crippen LogP contribution in [0.25, 0.3) is 0 Å². The van der Waals surface area contributed by atoms with Gasteiger partial charge in [0.25, 0.3) is 0 Å². The maximum Gasteiger partial charge on any atom is 0.149 e. The lowest BCUT2D eigenvalue weighted by Gasteiger charge is -2.21. The van der Waals surface area contributed by atoms with E-state index in [0.29, 0.717) is 25.3 Å². The van der Waals surface area contributed by atoms with Gasteiger partial charge in [-0.25, -0.2) is 0 Å². The topological polar surface area (TPSA) is 60.8 Å². The molecule has 1 aliphatic carbocycles. The molecule has 0 bridgehead atoms. The van der Waals surface area contributed by atoms with Crippen LogP contribution < -0.4 is 0 Å². The highest BCUT2D eigenvalue weighted by molar-refractivity contribution is 5.85. The molecule has 80 valence electrons. The maximum atomic E-state index is 11.5. The van der Waals surface area contributed by atoms with Crippen LogP contribution in [0, 0.1) is 5.92 Å². The molecule has 1 aliphatic heterocycles. The van der Waals surface area contributed by atoms with Gasteiger partial charge in [0.15, 0.2) is 0 Å². The van der Waals surface area contributed by atoms with E-state index in [9.17, 15) is 9.90 Å². The average Bonchev–Trinajstić information content (AvgIpc) is 2.71. The summed E-state index contributed by atoms with van der Waals surface area (Å²) >= 11 is 0. The molecule has 0 amide bonds. The smallest absolute Gasteiger partial charge is 0.149 e. The van der Waals surface area contributed by atoms with Crippen LogP contribution in [0.15, 0.2) is 0 Å². The van der Waals surface area contributed by atoms with E-state index in [2.05, 4.69) is 0 Å². The van der Waals surface area contributed by atoms with E-state index in [4.69, 9.17) is 5.11 Å². The largest absolute Gasteiger partial charge is 0.396 e. The zero-order chi connectivity index (χ0) is 10.1. The fraction of sp³-hybridized carbons (Fsp3) is 0.900. The van der Waals surface area contributed by atoms with Crippen molar-refractivity contribution in [2.45, 2.75) is 31.4 Å². The third-order valence-corrected chi connectivity index (χ3v) is 3.38. The lowest BCUT2D eigenvalue weighted by molar-refractivity contribution is -0.121. The van der Waals surface area contributed by atoms with Gasteiger partial charge in [-0.1, -0.05) is 0 Å². The molecule has 14 heavy (non-hydrogen) atoms. The summed E-state index contributed by atoms with van der Waals surface area (Å²) in [6.07, 6.45) is 2.11. The van der Waals surface area contributed by atoms with Crippen molar-refractivity contribution in [3.8, 4) is 0 Å². The Hall–Kier alpha value is -0.450. The van der Waals surface area contributed by atoms with Gasteiger partial charge in [-0.2, -0.15) is 0 Å². The number of ketones is 1. The Bertz CT molecular complexity index is 231. The van der Waals surface area contributed by atoms with Crippen LogP contribution in [-0.4, -0.2) is 52.7 Å². The van der Waals surface area contributed by atoms with E-state index in [1.807, 2.05) is 4.90 Å². The molecule has 2 fully saturated rings. The molecule has 0 aromatic rings. The molecule has 2 N–H and O–H groups in total. The second kappa shape index (κ2) is 3.96. The molecular formula is C10H17NO3. The van der Waals surface area contributed by atoms with Crippen molar-refractivity contribution < 1.29 is 15.0 Å². The van der Waals surface area contributed by atoms with Crippen LogP contribution >= 0.6 is 0 Å². The van der Waals surface area contributed by atoms with E-state index in [1.165, 1.54) is 0 Å². The number of hydrogen-bond donors (Lipinski definition) is 2. The maximum absolute atomic E-state index is 11.5. The number of β-amino-alcohol motifs (C(OH)–C–C–N with tert-alkyl or cyclic N) is 1. The summed E-state index contributed by atoms with van der Waals surface area (Å²) in [4.78, 5) is 13.5. The van der Waals surface area contributed by atoms with Gasteiger partial charge in [0.2, 0.25) is 0 Å². The van der Waals surface area contributed by atoms with Crippen molar-refractivity contribution >= 4 is 5.78 Å². The molecule has 3 unspecified atom stereocenters. The first-order chi connectivity index (χ1) is 6.72. The number of nitrogens with zero attached hydrogens (tertiary/aromatic N) is 1. The van der Waals surface area contributed by atoms with Crippen LogP contribution in [0.1, 0.15) is 19.3 Å². The van der Waals surface area contributed by atoms with Crippen molar-refractivity contribution in [3.63, 3.8) is 0 Å². The van der Waals surface area contributed by atoms with Crippen molar-refractivity contribution in [1.29, 1.82) is 0 Å². The average molecular weight is 199 g/mol. The summed E-state index contributed by atoms with van der Waals surface area (Å²) in [5.74, 6) is 0.235. The highest BCUT2D eigenvalue weighted by atomic mass is 16.3. The van der Waals surface area contributed by atoms with Gasteiger partial charge in [0, 0.05) is 32.0 Å². The molecule has 1 heterocycles. The van der Waals surface area contributed by atoms with Crippen LogP contribution in [0.4, 0.5) is 0 Å². The first-order valence-corrected chi connectivity index (χ1v) is 5.28. The summed E-state index contributed by atoms with van der Waals surface area (Å²) < 4.78 is 0. The second-order valence-electron chi connectivity index (χ2n) is 4.34. The van der Waals surface area contributed by atoms with E-state index in [0.717, 1.165) is 12.8 Å². The van der Waals surface area contributed by atoms with Gasteiger partial charge in [-0.05, 0) is 12.8 Å². The van der Waals surface area contributed by atoms with Crippen molar-refractivity contribution in [1.82, 2.24) is 4.90 Å². The minimum atomic E-state index is -0.464. The predicted molar refractivity (Wildman–Crippen MR) is 50.8 cm³/mol. The summed E-state index contributed by atoms with van der Waals surface area (Å²) in [6, 6.07) is 0.0150. The highest BCUT2D eigenvalue weighted by Crippen LogP contribution is 2.26. The molecule has 0 aromatic heterocycles. The number of aliphatic hydroxyl groups excluding tert-OH is 2. The number of aliphatic hydroxyl groups is 2. The predicted octanol–water partition coefficient (Wildman–Crippen LogP) is -0.607. The van der Waals surface area contributed by atoms with E-state index in [1.54, 1.807) is 0 Å². The Morgan fingerprint density at radius 1 is 1.43 bits per heavy atom. The van der Waals surface area contributed by atoms with E-state index < -0.39 is 6.10 Å². The molecule has 3 atom stereocenters. The number of likely N-dealkylation sites (tertiary alicyclic amines) is 1. The van der Waals surface area contributed by atoms with Crippen molar-refractivity contribution in [2.24, 2.45) is 5.92 Å². The SMILES string of the molecule is O=C1CCCC1N1CC(O)C(CO)C1. The molecule has 0 radical (unpaired) electrons.